The second-order valence-electron chi connectivity index (χ2n) is 5.64. The molecule has 0 saturated carbocycles. The highest BCUT2D eigenvalue weighted by Gasteiger charge is 2.09. The smallest absolute Gasteiger partial charge is 0.0633 e. The monoisotopic (exact) mass is 306 g/mol. The van der Waals surface area contributed by atoms with Crippen molar-refractivity contribution in [3.05, 3.63) is 60.7 Å². The molecule has 0 heterocycles. The summed E-state index contributed by atoms with van der Waals surface area (Å²) >= 11 is 0. The number of nitrogens with zero attached hydrogens (tertiary/aromatic N) is 2. The second-order valence-corrected chi connectivity index (χ2v) is 5.64. The molecule has 0 aliphatic heterocycles. The lowest BCUT2D eigenvalue weighted by atomic mass is 10.0. The van der Waals surface area contributed by atoms with Crippen molar-refractivity contribution in [2.24, 2.45) is 9.98 Å². The van der Waals surface area contributed by atoms with E-state index in [-0.39, 0.29) is 0 Å². The Kier molecular flexibility index (Phi) is 7.25. The third-order valence-electron chi connectivity index (χ3n) is 3.63. The molecule has 2 aromatic rings. The highest BCUT2D eigenvalue weighted by Crippen LogP contribution is 2.17. The lowest BCUT2D eigenvalue weighted by Gasteiger charge is -2.10. The summed E-state index contributed by atoms with van der Waals surface area (Å²) in [5, 5.41) is 0. The molecule has 0 N–H and O–H groups in total. The molecule has 0 amide bonds. The van der Waals surface area contributed by atoms with Gasteiger partial charge in [-0.3, -0.25) is 9.98 Å². The molecule has 0 unspecified atom stereocenters. The highest BCUT2D eigenvalue weighted by molar-refractivity contribution is 6.43. The third-order valence-corrected chi connectivity index (χ3v) is 3.63. The summed E-state index contributed by atoms with van der Waals surface area (Å²) in [6.07, 6.45) is 5.33. The minimum atomic E-state index is 0.963. The lowest BCUT2D eigenvalue weighted by Crippen LogP contribution is -2.14. The summed E-state index contributed by atoms with van der Waals surface area (Å²) in [4.78, 5) is 9.78. The zero-order valence-electron chi connectivity index (χ0n) is 14.2. The Bertz CT molecular complexity index is 627. The maximum absolute atomic E-state index is 4.90. The summed E-state index contributed by atoms with van der Waals surface area (Å²) < 4.78 is 0. The molecule has 0 atom stereocenters. The van der Waals surface area contributed by atoms with Gasteiger partial charge in [-0.2, -0.15) is 0 Å². The van der Waals surface area contributed by atoms with Crippen LogP contribution in [0.1, 0.15) is 46.0 Å². The fourth-order valence-electron chi connectivity index (χ4n) is 2.43. The number of unbranched alkanes of at least 4 members (excludes halogenated alkanes) is 1. The molecule has 120 valence electrons. The molecule has 0 fully saturated rings. The number of benzene rings is 2. The Morgan fingerprint density at radius 1 is 0.652 bits per heavy atom. The molecular formula is C21H26N2. The molecular weight excluding hydrogens is 280 g/mol. The SMILES string of the molecule is CCCCC(=Nc1ccccc1)C(CCC)=Nc1ccccc1. The predicted molar refractivity (Wildman–Crippen MR) is 102 cm³/mol. The van der Waals surface area contributed by atoms with Crippen LogP contribution in [0.5, 0.6) is 0 Å². The van der Waals surface area contributed by atoms with Gasteiger partial charge in [0.1, 0.15) is 0 Å². The molecule has 23 heavy (non-hydrogen) atoms. The Morgan fingerprint density at radius 3 is 1.57 bits per heavy atom. The van der Waals surface area contributed by atoms with E-state index in [1.165, 1.54) is 6.42 Å². The molecule has 2 rings (SSSR count). The molecule has 0 aromatic heterocycles. The average molecular weight is 306 g/mol. The fraction of sp³-hybridized carbons (Fsp3) is 0.333. The van der Waals surface area contributed by atoms with E-state index in [0.29, 0.717) is 0 Å². The zero-order valence-corrected chi connectivity index (χ0v) is 14.2. The first-order valence-corrected chi connectivity index (χ1v) is 8.59. The van der Waals surface area contributed by atoms with Gasteiger partial charge >= 0.3 is 0 Å². The summed E-state index contributed by atoms with van der Waals surface area (Å²) in [7, 11) is 0. The van der Waals surface area contributed by atoms with Crippen LogP contribution in [0, 0.1) is 0 Å². The summed E-state index contributed by atoms with van der Waals surface area (Å²) in [5.74, 6) is 0. The number of aliphatic imine (C=N–C) groups is 2. The van der Waals surface area contributed by atoms with Gasteiger partial charge in [0.2, 0.25) is 0 Å². The van der Waals surface area contributed by atoms with E-state index in [4.69, 9.17) is 9.98 Å². The van der Waals surface area contributed by atoms with E-state index in [1.54, 1.807) is 0 Å². The van der Waals surface area contributed by atoms with Crippen molar-refractivity contribution in [2.45, 2.75) is 46.0 Å². The average Bonchev–Trinajstić information content (AvgIpc) is 2.60. The summed E-state index contributed by atoms with van der Waals surface area (Å²) in [5.41, 5.74) is 4.27. The first kappa shape index (κ1) is 17.1. The lowest BCUT2D eigenvalue weighted by molar-refractivity contribution is 0.836. The van der Waals surface area contributed by atoms with Gasteiger partial charge in [0, 0.05) is 0 Å². The minimum Gasteiger partial charge on any atom is -0.252 e. The maximum atomic E-state index is 4.90. The number of hydrogen-bond donors (Lipinski definition) is 0. The van der Waals surface area contributed by atoms with E-state index in [1.807, 2.05) is 36.4 Å². The van der Waals surface area contributed by atoms with Crippen molar-refractivity contribution in [3.63, 3.8) is 0 Å². The predicted octanol–water partition coefficient (Wildman–Crippen LogP) is 6.52. The molecule has 0 radical (unpaired) electrons. The Hall–Kier alpha value is -2.22. The highest BCUT2D eigenvalue weighted by atomic mass is 14.8. The first-order chi connectivity index (χ1) is 11.3. The maximum Gasteiger partial charge on any atom is 0.0633 e. The van der Waals surface area contributed by atoms with Gasteiger partial charge in [-0.1, -0.05) is 63.1 Å². The van der Waals surface area contributed by atoms with Gasteiger partial charge in [-0.25, -0.2) is 0 Å². The molecule has 2 nitrogen and oxygen atoms in total. The second kappa shape index (κ2) is 9.73. The number of para-hydroxylation sites is 2. The minimum absolute atomic E-state index is 0.963. The molecule has 0 spiro atoms. The fourth-order valence-corrected chi connectivity index (χ4v) is 2.43. The van der Waals surface area contributed by atoms with Crippen molar-refractivity contribution >= 4 is 22.8 Å². The van der Waals surface area contributed by atoms with Gasteiger partial charge in [0.15, 0.2) is 0 Å². The van der Waals surface area contributed by atoms with Crippen LogP contribution < -0.4 is 0 Å². The standard InChI is InChI=1S/C21H26N2/c1-3-5-17-21(23-19-15-10-7-11-16-19)20(12-4-2)22-18-13-8-6-9-14-18/h6-11,13-16H,3-5,12,17H2,1-2H3. The van der Waals surface area contributed by atoms with Crippen LogP contribution in [0.3, 0.4) is 0 Å². The molecule has 0 bridgehead atoms. The van der Waals surface area contributed by atoms with Crippen LogP contribution >= 0.6 is 0 Å². The van der Waals surface area contributed by atoms with Gasteiger partial charge in [0.05, 0.1) is 22.8 Å². The Balaban J connectivity index is 2.36. The van der Waals surface area contributed by atoms with Crippen LogP contribution in [0.15, 0.2) is 70.6 Å². The van der Waals surface area contributed by atoms with Crippen molar-refractivity contribution in [1.29, 1.82) is 0 Å². The van der Waals surface area contributed by atoms with Crippen LogP contribution in [0.25, 0.3) is 0 Å². The topological polar surface area (TPSA) is 24.7 Å². The molecule has 0 aliphatic carbocycles. The molecule has 0 aliphatic rings. The molecule has 2 heteroatoms. The number of hydrogen-bond acceptors (Lipinski definition) is 2. The van der Waals surface area contributed by atoms with E-state index in [0.717, 1.165) is 48.5 Å². The summed E-state index contributed by atoms with van der Waals surface area (Å²) in [6.45, 7) is 4.41. The van der Waals surface area contributed by atoms with Crippen molar-refractivity contribution in [1.82, 2.24) is 0 Å². The zero-order chi connectivity index (χ0) is 16.3. The van der Waals surface area contributed by atoms with Crippen molar-refractivity contribution in [2.75, 3.05) is 0 Å². The third kappa shape index (κ3) is 5.82. The van der Waals surface area contributed by atoms with Crippen LogP contribution in [-0.2, 0) is 0 Å². The Labute approximate surface area is 140 Å². The van der Waals surface area contributed by atoms with E-state index in [9.17, 15) is 0 Å². The van der Waals surface area contributed by atoms with E-state index >= 15 is 0 Å². The molecule has 0 saturated heterocycles. The van der Waals surface area contributed by atoms with Crippen LogP contribution in [0.2, 0.25) is 0 Å². The van der Waals surface area contributed by atoms with Gasteiger partial charge in [-0.15, -0.1) is 0 Å². The van der Waals surface area contributed by atoms with E-state index < -0.39 is 0 Å². The summed E-state index contributed by atoms with van der Waals surface area (Å²) in [6, 6.07) is 20.4. The van der Waals surface area contributed by atoms with E-state index in [2.05, 4.69) is 38.1 Å². The van der Waals surface area contributed by atoms with Crippen LogP contribution in [-0.4, -0.2) is 11.4 Å². The first-order valence-electron chi connectivity index (χ1n) is 8.59. The van der Waals surface area contributed by atoms with Crippen molar-refractivity contribution < 1.29 is 0 Å². The quantitative estimate of drug-likeness (QED) is 0.496. The normalized spacial score (nSPS) is 12.4. The van der Waals surface area contributed by atoms with Gasteiger partial charge in [-0.05, 0) is 43.5 Å². The number of rotatable bonds is 8. The van der Waals surface area contributed by atoms with Crippen molar-refractivity contribution in [3.8, 4) is 0 Å². The largest absolute Gasteiger partial charge is 0.252 e. The van der Waals surface area contributed by atoms with Crippen LogP contribution in [0.4, 0.5) is 11.4 Å². The van der Waals surface area contributed by atoms with Gasteiger partial charge < -0.3 is 0 Å². The molecule has 2 aromatic carbocycles. The Morgan fingerprint density at radius 2 is 1.13 bits per heavy atom. The van der Waals surface area contributed by atoms with Gasteiger partial charge in [0.25, 0.3) is 0 Å².